The van der Waals surface area contributed by atoms with Crippen molar-refractivity contribution in [3.8, 4) is 83.4 Å². The molecule has 0 aromatic heterocycles. The third kappa shape index (κ3) is 27.0. The first-order chi connectivity index (χ1) is 19.3. The molecule has 0 fully saturated rings. The number of phosphoric acid groups is 1. The Bertz CT molecular complexity index is 1270. The summed E-state index contributed by atoms with van der Waals surface area (Å²) in [6.07, 6.45) is 14.9. The molecule has 1 atom stereocenters. The van der Waals surface area contributed by atoms with Crippen LogP contribution in [0.25, 0.3) is 0 Å². The molecule has 2 N–H and O–H groups in total. The molecular weight excluding hydrogens is 531 g/mol. The maximum Gasteiger partial charge on any atom is 0.469 e. The van der Waals surface area contributed by atoms with Crippen LogP contribution in [0.2, 0.25) is 0 Å². The number of hydrogen-bond donors (Lipinski definition) is 2. The molecule has 0 aromatic carbocycles. The summed E-state index contributed by atoms with van der Waals surface area (Å²) in [5, 5.41) is 0. The number of hydrogen-bond acceptors (Lipinski definition) is 6. The van der Waals surface area contributed by atoms with Crippen molar-refractivity contribution in [1.29, 1.82) is 0 Å². The van der Waals surface area contributed by atoms with E-state index in [1.807, 2.05) is 0 Å². The van der Waals surface area contributed by atoms with Crippen LogP contribution in [0.4, 0.5) is 0 Å². The predicted molar refractivity (Wildman–Crippen MR) is 151 cm³/mol. The van der Waals surface area contributed by atoms with E-state index >= 15 is 0 Å². The molecule has 0 unspecified atom stereocenters. The first-order valence-corrected chi connectivity index (χ1v) is 14.3. The van der Waals surface area contributed by atoms with Gasteiger partial charge in [0, 0.05) is 12.3 Å². The van der Waals surface area contributed by atoms with Gasteiger partial charge in [-0.05, 0) is 77.5 Å². The number of phosphoric ester groups is 1. The number of esters is 2. The number of carbonyl (C=O) groups is 2. The summed E-state index contributed by atoms with van der Waals surface area (Å²) in [5.41, 5.74) is 0. The second-order valence-electron chi connectivity index (χ2n) is 8.07. The smallest absolute Gasteiger partial charge is 0.456 e. The lowest BCUT2D eigenvalue weighted by atomic mass is 10.1. The molecule has 0 rings (SSSR count). The minimum Gasteiger partial charge on any atom is -0.456 e. The number of unbranched alkanes of at least 4 members (excludes halogenated alkanes) is 9. The van der Waals surface area contributed by atoms with Gasteiger partial charge >= 0.3 is 19.8 Å². The van der Waals surface area contributed by atoms with Gasteiger partial charge in [-0.15, -0.1) is 6.42 Å². The van der Waals surface area contributed by atoms with E-state index in [4.69, 9.17) is 25.7 Å². The number of ether oxygens (including phenoxy) is 2. The fourth-order valence-corrected chi connectivity index (χ4v) is 3.26. The monoisotopic (exact) mass is 564 g/mol. The standard InChI is InChI=1S/C31H33O8P/c1-3-5-7-9-11-13-15-16-18-19-21-23-25-30(32)37-27-29(28-38-40(34,35)36)39-31(33)26-24-22-20-17-14-12-10-8-6-4-2/h1,29H,4,6,8,10,12,14,17,20,22,24,26-28H2,2H3,(H2,34,35,36)/t29-/m0/s1. The highest BCUT2D eigenvalue weighted by molar-refractivity contribution is 7.46. The van der Waals surface area contributed by atoms with Crippen molar-refractivity contribution in [3.63, 3.8) is 0 Å². The molecule has 0 saturated heterocycles. The quantitative estimate of drug-likeness (QED) is 0.0906. The van der Waals surface area contributed by atoms with Crippen LogP contribution in [-0.4, -0.2) is 41.0 Å². The summed E-state index contributed by atoms with van der Waals surface area (Å²) in [6, 6.07) is 0. The molecule has 0 aliphatic heterocycles. The highest BCUT2D eigenvalue weighted by Gasteiger charge is 2.22. The zero-order chi connectivity index (χ0) is 29.7. The topological polar surface area (TPSA) is 119 Å². The van der Waals surface area contributed by atoms with E-state index in [9.17, 15) is 14.2 Å². The van der Waals surface area contributed by atoms with Gasteiger partial charge in [0.2, 0.25) is 0 Å². The molecule has 0 spiro atoms. The van der Waals surface area contributed by atoms with Gasteiger partial charge < -0.3 is 19.3 Å². The molecule has 0 aliphatic rings. The first kappa shape index (κ1) is 36.0. The Labute approximate surface area is 237 Å². The van der Waals surface area contributed by atoms with Crippen molar-refractivity contribution in [2.75, 3.05) is 13.2 Å². The minimum absolute atomic E-state index is 0.129. The van der Waals surface area contributed by atoms with Gasteiger partial charge in [0.25, 0.3) is 0 Å². The Kier molecular flexibility index (Phi) is 22.7. The number of carbonyl (C=O) groups excluding carboxylic acids is 2. The zero-order valence-corrected chi connectivity index (χ0v) is 23.5. The number of terminal acetylenes is 1. The molecule has 0 radical (unpaired) electrons. The first-order valence-electron chi connectivity index (χ1n) is 12.8. The Morgan fingerprint density at radius 3 is 1.70 bits per heavy atom. The fourth-order valence-electron chi connectivity index (χ4n) is 2.90. The Morgan fingerprint density at radius 1 is 0.725 bits per heavy atom. The van der Waals surface area contributed by atoms with E-state index in [0.717, 1.165) is 19.3 Å². The Balaban J connectivity index is 4.53. The van der Waals surface area contributed by atoms with E-state index in [1.54, 1.807) is 0 Å². The molecule has 9 heteroatoms. The molecule has 210 valence electrons. The SMILES string of the molecule is C#CC#CC#CC#CC#CC#CC#CC(=O)OC[C@@H](COP(=O)(O)O)OC(=O)CCCCCCCCCCCC. The lowest BCUT2D eigenvalue weighted by Gasteiger charge is -2.17. The van der Waals surface area contributed by atoms with Crippen molar-refractivity contribution in [1.82, 2.24) is 0 Å². The van der Waals surface area contributed by atoms with E-state index in [2.05, 4.69) is 88.4 Å². The molecule has 8 nitrogen and oxygen atoms in total. The van der Waals surface area contributed by atoms with Crippen molar-refractivity contribution < 1.29 is 37.9 Å². The lowest BCUT2D eigenvalue weighted by molar-refractivity contribution is -0.158. The average Bonchev–Trinajstić information content (AvgIpc) is 2.91. The third-order valence-corrected chi connectivity index (χ3v) is 5.21. The van der Waals surface area contributed by atoms with Crippen molar-refractivity contribution in [3.05, 3.63) is 0 Å². The molecule has 40 heavy (non-hydrogen) atoms. The summed E-state index contributed by atoms with van der Waals surface area (Å²) < 4.78 is 25.5. The zero-order valence-electron chi connectivity index (χ0n) is 22.6. The van der Waals surface area contributed by atoms with E-state index in [0.29, 0.717) is 6.42 Å². The third-order valence-electron chi connectivity index (χ3n) is 4.72. The van der Waals surface area contributed by atoms with Crippen LogP contribution in [0, 0.1) is 83.4 Å². The van der Waals surface area contributed by atoms with Gasteiger partial charge in [-0.2, -0.15) is 0 Å². The summed E-state index contributed by atoms with van der Waals surface area (Å²) in [7, 11) is -4.82. The summed E-state index contributed by atoms with van der Waals surface area (Å²) in [6.45, 7) is 1.02. The van der Waals surface area contributed by atoms with Crippen LogP contribution in [-0.2, 0) is 28.2 Å². The van der Waals surface area contributed by atoms with Gasteiger partial charge in [-0.25, -0.2) is 9.36 Å². The maximum atomic E-state index is 12.2. The summed E-state index contributed by atoms with van der Waals surface area (Å²) in [5.74, 6) is 28.6. The minimum atomic E-state index is -4.82. The second-order valence-corrected chi connectivity index (χ2v) is 9.31. The average molecular weight is 565 g/mol. The lowest BCUT2D eigenvalue weighted by Crippen LogP contribution is -2.29. The van der Waals surface area contributed by atoms with E-state index in [1.165, 1.54) is 38.5 Å². The molecule has 0 amide bonds. The van der Waals surface area contributed by atoms with Crippen molar-refractivity contribution in [2.24, 2.45) is 0 Å². The molecule has 0 aliphatic carbocycles. The molecule has 0 aromatic rings. The normalized spacial score (nSPS) is 9.75. The van der Waals surface area contributed by atoms with Crippen LogP contribution in [0.1, 0.15) is 77.6 Å². The van der Waals surface area contributed by atoms with E-state index in [-0.39, 0.29) is 6.42 Å². The van der Waals surface area contributed by atoms with E-state index < -0.39 is 39.1 Å². The summed E-state index contributed by atoms with van der Waals surface area (Å²) in [4.78, 5) is 41.8. The van der Waals surface area contributed by atoms with Crippen LogP contribution in [0.5, 0.6) is 0 Å². The highest BCUT2D eigenvalue weighted by atomic mass is 31.2. The molecule has 0 bridgehead atoms. The van der Waals surface area contributed by atoms with Crippen LogP contribution in [0.3, 0.4) is 0 Å². The van der Waals surface area contributed by atoms with Crippen molar-refractivity contribution in [2.45, 2.75) is 83.7 Å². The van der Waals surface area contributed by atoms with Crippen molar-refractivity contribution >= 4 is 19.8 Å². The summed E-state index contributed by atoms with van der Waals surface area (Å²) >= 11 is 0. The van der Waals surface area contributed by atoms with Crippen LogP contribution in [0.15, 0.2) is 0 Å². The second kappa shape index (κ2) is 25.3. The van der Waals surface area contributed by atoms with Gasteiger partial charge in [-0.1, -0.05) is 64.7 Å². The van der Waals surface area contributed by atoms with Crippen LogP contribution < -0.4 is 0 Å². The maximum absolute atomic E-state index is 12.2. The molecule has 0 saturated carbocycles. The highest BCUT2D eigenvalue weighted by Crippen LogP contribution is 2.35. The molecular formula is C31H33O8P. The van der Waals surface area contributed by atoms with Crippen LogP contribution >= 0.6 is 7.82 Å². The largest absolute Gasteiger partial charge is 0.469 e. The number of rotatable bonds is 17. The van der Waals surface area contributed by atoms with Gasteiger partial charge in [0.05, 0.1) is 6.61 Å². The van der Waals surface area contributed by atoms with Gasteiger partial charge in [0.15, 0.2) is 6.10 Å². The predicted octanol–water partition coefficient (Wildman–Crippen LogP) is 3.52. The Hall–Kier alpha value is -4.03. The Morgan fingerprint density at radius 2 is 1.20 bits per heavy atom. The molecule has 0 heterocycles. The van der Waals surface area contributed by atoms with Gasteiger partial charge in [0.1, 0.15) is 6.61 Å². The fraction of sp³-hybridized carbons (Fsp3) is 0.484. The van der Waals surface area contributed by atoms with Gasteiger partial charge in [-0.3, -0.25) is 9.32 Å².